The molecule has 3 heterocycles. The van der Waals surface area contributed by atoms with Crippen LogP contribution in [0.1, 0.15) is 24.2 Å². The van der Waals surface area contributed by atoms with Crippen molar-refractivity contribution in [2.45, 2.75) is 36.9 Å². The molecule has 1 fully saturated rings. The van der Waals surface area contributed by atoms with Gasteiger partial charge in [-0.05, 0) is 66.9 Å². The van der Waals surface area contributed by atoms with Gasteiger partial charge in [-0.15, -0.1) is 0 Å². The number of furan rings is 1. The Bertz CT molecular complexity index is 1320. The van der Waals surface area contributed by atoms with Gasteiger partial charge in [0.15, 0.2) is 11.5 Å². The summed E-state index contributed by atoms with van der Waals surface area (Å²) in [5, 5.41) is 0. The topological polar surface area (TPSA) is 98.5 Å². The highest BCUT2D eigenvalue weighted by Gasteiger charge is 2.32. The molecule has 3 aromatic rings. The Balaban J connectivity index is 1.40. The molecule has 2 aliphatic rings. The maximum absolute atomic E-state index is 13.6. The first kappa shape index (κ1) is 25.2. The van der Waals surface area contributed by atoms with Crippen LogP contribution >= 0.6 is 0 Å². The van der Waals surface area contributed by atoms with Crippen molar-refractivity contribution in [1.29, 1.82) is 0 Å². The molecule has 2 aliphatic heterocycles. The molecule has 0 saturated carbocycles. The lowest BCUT2D eigenvalue weighted by Crippen LogP contribution is -2.45. The van der Waals surface area contributed by atoms with Crippen molar-refractivity contribution in [3.05, 3.63) is 78.0 Å². The van der Waals surface area contributed by atoms with Crippen LogP contribution < -0.4 is 9.47 Å². The highest BCUT2D eigenvalue weighted by Crippen LogP contribution is 2.33. The lowest BCUT2D eigenvalue weighted by Gasteiger charge is -2.28. The Hall–Kier alpha value is -3.41. The normalized spacial score (nSPS) is 16.9. The van der Waals surface area contributed by atoms with E-state index in [9.17, 15) is 17.6 Å². The Morgan fingerprint density at radius 3 is 2.57 bits per heavy atom. The third-order valence-corrected chi connectivity index (χ3v) is 8.11. The predicted molar refractivity (Wildman–Crippen MR) is 130 cm³/mol. The van der Waals surface area contributed by atoms with E-state index in [4.69, 9.17) is 18.6 Å². The molecular formula is C26H27FN2O7S. The van der Waals surface area contributed by atoms with Crippen LogP contribution in [0.4, 0.5) is 4.39 Å². The molecule has 0 spiro atoms. The van der Waals surface area contributed by atoms with E-state index in [0.29, 0.717) is 30.3 Å². The van der Waals surface area contributed by atoms with Crippen LogP contribution in [-0.4, -0.2) is 56.1 Å². The monoisotopic (exact) mass is 530 g/mol. The fourth-order valence-corrected chi connectivity index (χ4v) is 5.77. The molecule has 9 nitrogen and oxygen atoms in total. The van der Waals surface area contributed by atoms with Crippen LogP contribution in [0.3, 0.4) is 0 Å². The molecule has 1 amide bonds. The highest BCUT2D eigenvalue weighted by molar-refractivity contribution is 7.89. The molecule has 0 N–H and O–H groups in total. The number of hydrogen-bond acceptors (Lipinski definition) is 7. The van der Waals surface area contributed by atoms with Gasteiger partial charge < -0.3 is 23.5 Å². The van der Waals surface area contributed by atoms with Crippen molar-refractivity contribution in [2.75, 3.05) is 26.5 Å². The number of benzene rings is 2. The number of nitrogens with zero attached hydrogens (tertiary/aromatic N) is 2. The number of carbonyl (C=O) groups excluding carboxylic acids is 1. The maximum atomic E-state index is 13.6. The van der Waals surface area contributed by atoms with Crippen molar-refractivity contribution >= 4 is 15.9 Å². The Labute approximate surface area is 214 Å². The molecule has 1 saturated heterocycles. The van der Waals surface area contributed by atoms with Crippen LogP contribution in [-0.2, 0) is 32.6 Å². The summed E-state index contributed by atoms with van der Waals surface area (Å²) in [7, 11) is -4.10. The molecule has 1 atom stereocenters. The minimum atomic E-state index is -4.10. The summed E-state index contributed by atoms with van der Waals surface area (Å²) in [6.45, 7) is 0.616. The van der Waals surface area contributed by atoms with Crippen LogP contribution in [0.25, 0.3) is 0 Å². The number of rotatable bonds is 10. The zero-order valence-corrected chi connectivity index (χ0v) is 20.9. The van der Waals surface area contributed by atoms with Crippen molar-refractivity contribution in [3.63, 3.8) is 0 Å². The van der Waals surface area contributed by atoms with E-state index >= 15 is 0 Å². The van der Waals surface area contributed by atoms with Crippen LogP contribution in [0, 0.1) is 5.82 Å². The minimum absolute atomic E-state index is 0.0179. The number of ether oxygens (including phenoxy) is 3. The van der Waals surface area contributed by atoms with Crippen molar-refractivity contribution in [1.82, 2.24) is 9.21 Å². The molecule has 5 rings (SSSR count). The van der Waals surface area contributed by atoms with Gasteiger partial charge in [-0.1, -0.05) is 6.07 Å². The Kier molecular flexibility index (Phi) is 7.45. The van der Waals surface area contributed by atoms with Gasteiger partial charge in [-0.25, -0.2) is 12.8 Å². The number of amides is 1. The third-order valence-electron chi connectivity index (χ3n) is 6.28. The van der Waals surface area contributed by atoms with E-state index in [0.717, 1.165) is 28.4 Å². The Morgan fingerprint density at radius 1 is 1.03 bits per heavy atom. The number of fused-ring (bicyclic) bond motifs is 1. The fraction of sp³-hybridized carbons (Fsp3) is 0.346. The van der Waals surface area contributed by atoms with Gasteiger partial charge in [0.2, 0.25) is 22.7 Å². The van der Waals surface area contributed by atoms with Gasteiger partial charge >= 0.3 is 0 Å². The van der Waals surface area contributed by atoms with Gasteiger partial charge in [0.05, 0.1) is 30.4 Å². The lowest BCUT2D eigenvalue weighted by molar-refractivity contribution is -0.133. The molecule has 1 unspecified atom stereocenters. The summed E-state index contributed by atoms with van der Waals surface area (Å²) in [5.41, 5.74) is 0.788. The van der Waals surface area contributed by atoms with Gasteiger partial charge in [0, 0.05) is 19.7 Å². The molecule has 2 aromatic carbocycles. The quantitative estimate of drug-likeness (QED) is 0.395. The molecule has 0 radical (unpaired) electrons. The minimum Gasteiger partial charge on any atom is -0.467 e. The summed E-state index contributed by atoms with van der Waals surface area (Å²) in [6, 6.07) is 13.4. The molecule has 0 aliphatic carbocycles. The van der Waals surface area contributed by atoms with Crippen LogP contribution in [0.5, 0.6) is 11.5 Å². The van der Waals surface area contributed by atoms with Crippen molar-refractivity contribution in [3.8, 4) is 11.5 Å². The molecule has 196 valence electrons. The average Bonchev–Trinajstić information content (AvgIpc) is 3.66. The SMILES string of the molecule is O=C(CN(CC1CCCO1)S(=O)(=O)c1ccc(F)cc1)N(Cc1ccc2c(c1)OCO2)Cc1ccco1. The fourth-order valence-electron chi connectivity index (χ4n) is 4.35. The van der Waals surface area contributed by atoms with E-state index in [-0.39, 0.29) is 37.4 Å². The average molecular weight is 531 g/mol. The first-order valence-electron chi connectivity index (χ1n) is 11.9. The number of carbonyl (C=O) groups is 1. The molecule has 37 heavy (non-hydrogen) atoms. The second kappa shape index (κ2) is 10.9. The predicted octanol–water partition coefficient (Wildman–Crippen LogP) is 3.55. The summed E-state index contributed by atoms with van der Waals surface area (Å²) in [5.74, 6) is 0.801. The molecule has 0 bridgehead atoms. The number of sulfonamides is 1. The summed E-state index contributed by atoms with van der Waals surface area (Å²) >= 11 is 0. The van der Waals surface area contributed by atoms with Gasteiger partial charge in [-0.3, -0.25) is 4.79 Å². The number of halogens is 1. The van der Waals surface area contributed by atoms with Gasteiger partial charge in [0.25, 0.3) is 0 Å². The molecular weight excluding hydrogens is 503 g/mol. The van der Waals surface area contributed by atoms with Crippen LogP contribution in [0.2, 0.25) is 0 Å². The smallest absolute Gasteiger partial charge is 0.243 e. The van der Waals surface area contributed by atoms with Crippen LogP contribution in [0.15, 0.2) is 70.2 Å². The van der Waals surface area contributed by atoms with Gasteiger partial charge in [-0.2, -0.15) is 4.31 Å². The molecule has 1 aromatic heterocycles. The molecule has 11 heteroatoms. The van der Waals surface area contributed by atoms with Crippen molar-refractivity contribution in [2.24, 2.45) is 0 Å². The largest absolute Gasteiger partial charge is 0.467 e. The summed E-state index contributed by atoms with van der Waals surface area (Å²) in [4.78, 5) is 15.1. The number of hydrogen-bond donors (Lipinski definition) is 0. The lowest BCUT2D eigenvalue weighted by atomic mass is 10.2. The second-order valence-corrected chi connectivity index (χ2v) is 10.8. The third kappa shape index (κ3) is 5.95. The zero-order valence-electron chi connectivity index (χ0n) is 20.0. The van der Waals surface area contributed by atoms with E-state index in [1.54, 1.807) is 24.3 Å². The first-order valence-corrected chi connectivity index (χ1v) is 13.4. The Morgan fingerprint density at radius 2 is 1.84 bits per heavy atom. The second-order valence-electron chi connectivity index (χ2n) is 8.90. The maximum Gasteiger partial charge on any atom is 0.243 e. The van der Waals surface area contributed by atoms with E-state index in [2.05, 4.69) is 0 Å². The van der Waals surface area contributed by atoms with Gasteiger partial charge in [0.1, 0.15) is 11.6 Å². The summed E-state index contributed by atoms with van der Waals surface area (Å²) < 4.78 is 63.6. The highest BCUT2D eigenvalue weighted by atomic mass is 32.2. The zero-order chi connectivity index (χ0) is 25.8. The van der Waals surface area contributed by atoms with Crippen molar-refractivity contribution < 1.29 is 36.2 Å². The first-order chi connectivity index (χ1) is 17.9. The van der Waals surface area contributed by atoms with E-state index in [1.807, 2.05) is 6.07 Å². The summed E-state index contributed by atoms with van der Waals surface area (Å²) in [6.07, 6.45) is 2.70. The van der Waals surface area contributed by atoms with E-state index in [1.165, 1.54) is 23.3 Å². The van der Waals surface area contributed by atoms with E-state index < -0.39 is 28.3 Å². The standard InChI is InChI=1S/C26H27FN2O7S/c27-20-6-8-23(9-7-20)37(31,32)29(16-22-4-2-12-34-22)17-26(30)28(15-21-3-1-11-33-21)14-19-5-10-24-25(13-19)36-18-35-24/h1,3,5-11,13,22H,2,4,12,14-18H2.